The van der Waals surface area contributed by atoms with E-state index in [1.807, 2.05) is 32.1 Å². The summed E-state index contributed by atoms with van der Waals surface area (Å²) in [4.78, 5) is 0.931. The molecule has 0 nitrogen and oxygen atoms in total. The highest BCUT2D eigenvalue weighted by Crippen LogP contribution is 2.30. The highest BCUT2D eigenvalue weighted by atomic mass is 79.9. The fourth-order valence-corrected chi connectivity index (χ4v) is 2.13. The van der Waals surface area contributed by atoms with Crippen molar-refractivity contribution in [3.63, 3.8) is 0 Å². The molecule has 0 aromatic heterocycles. The summed E-state index contributed by atoms with van der Waals surface area (Å²) in [7, 11) is 0. The van der Waals surface area contributed by atoms with Crippen molar-refractivity contribution in [2.75, 3.05) is 5.33 Å². The third-order valence-corrected chi connectivity index (χ3v) is 5.69. The lowest BCUT2D eigenvalue weighted by Gasteiger charge is -2.22. The highest BCUT2D eigenvalue weighted by Gasteiger charge is 2.26. The summed E-state index contributed by atoms with van der Waals surface area (Å²) in [5, 5.41) is 0.699. The summed E-state index contributed by atoms with van der Waals surface area (Å²) in [5.74, 6) is 0. The van der Waals surface area contributed by atoms with Gasteiger partial charge in [-0.05, 0) is 18.8 Å². The standard InChI is InChI=1S/C10H13Br3Cl2/c1-9(14,7-12)4-3-8(13)10(2,15)5-6-11/h3-6,8H,7H2,1-2H3/b4-3+,6-5+/t8-,9?,10+/m0/s1. The first-order valence-electron chi connectivity index (χ1n) is 4.30. The lowest BCUT2D eigenvalue weighted by Crippen LogP contribution is -2.25. The minimum Gasteiger partial charge on any atom is -0.114 e. The Morgan fingerprint density at radius 3 is 2.20 bits per heavy atom. The Kier molecular flexibility index (Phi) is 7.76. The quantitative estimate of drug-likeness (QED) is 0.383. The van der Waals surface area contributed by atoms with Crippen molar-refractivity contribution in [2.24, 2.45) is 0 Å². The van der Waals surface area contributed by atoms with Gasteiger partial charge in [0.2, 0.25) is 0 Å². The average Bonchev–Trinajstić information content (AvgIpc) is 2.14. The molecule has 0 aliphatic heterocycles. The second-order valence-electron chi connectivity index (χ2n) is 3.62. The van der Waals surface area contributed by atoms with Gasteiger partial charge >= 0.3 is 0 Å². The van der Waals surface area contributed by atoms with Crippen LogP contribution in [0.1, 0.15) is 13.8 Å². The third-order valence-electron chi connectivity index (χ3n) is 1.80. The zero-order valence-electron chi connectivity index (χ0n) is 8.48. The summed E-state index contributed by atoms with van der Waals surface area (Å²) >= 11 is 22.5. The minimum atomic E-state index is -0.473. The number of alkyl halides is 4. The molecule has 0 saturated heterocycles. The zero-order valence-corrected chi connectivity index (χ0v) is 14.8. The van der Waals surface area contributed by atoms with Crippen molar-refractivity contribution in [3.05, 3.63) is 23.2 Å². The molecule has 0 aliphatic carbocycles. The lowest BCUT2D eigenvalue weighted by atomic mass is 10.1. The van der Waals surface area contributed by atoms with Crippen molar-refractivity contribution < 1.29 is 0 Å². The Morgan fingerprint density at radius 1 is 1.27 bits per heavy atom. The fraction of sp³-hybridized carbons (Fsp3) is 0.600. The second-order valence-corrected chi connectivity index (χ2v) is 7.37. The van der Waals surface area contributed by atoms with Crippen molar-refractivity contribution in [2.45, 2.75) is 28.4 Å². The van der Waals surface area contributed by atoms with Gasteiger partial charge in [-0.15, -0.1) is 23.2 Å². The lowest BCUT2D eigenvalue weighted by molar-refractivity contribution is 0.807. The second kappa shape index (κ2) is 7.05. The normalized spacial score (nSPS) is 22.9. The van der Waals surface area contributed by atoms with E-state index in [1.165, 1.54) is 0 Å². The Balaban J connectivity index is 4.55. The predicted octanol–water partition coefficient (Wildman–Crippen LogP) is 5.60. The van der Waals surface area contributed by atoms with E-state index in [-0.39, 0.29) is 9.70 Å². The van der Waals surface area contributed by atoms with Crippen LogP contribution in [0.3, 0.4) is 0 Å². The number of hydrogen-bond acceptors (Lipinski definition) is 0. The summed E-state index contributed by atoms with van der Waals surface area (Å²) in [6.07, 6.45) is 5.78. The molecule has 0 spiro atoms. The first-order chi connectivity index (χ1) is 6.75. The van der Waals surface area contributed by atoms with Gasteiger partial charge in [-0.3, -0.25) is 0 Å². The van der Waals surface area contributed by atoms with Crippen molar-refractivity contribution >= 4 is 71.0 Å². The maximum atomic E-state index is 6.29. The molecule has 0 heterocycles. The number of rotatable bonds is 5. The summed E-state index contributed by atoms with van der Waals surface area (Å²) in [5.41, 5.74) is 0. The molecule has 0 rings (SSSR count). The molecule has 0 aliphatic rings. The summed E-state index contributed by atoms with van der Waals surface area (Å²) in [6.45, 7) is 3.86. The molecule has 0 aromatic carbocycles. The third kappa shape index (κ3) is 6.72. The van der Waals surface area contributed by atoms with Crippen LogP contribution in [0.2, 0.25) is 0 Å². The number of allylic oxidation sites excluding steroid dienone is 3. The molecule has 1 unspecified atom stereocenters. The van der Waals surface area contributed by atoms with Crippen LogP contribution in [-0.4, -0.2) is 19.9 Å². The van der Waals surface area contributed by atoms with E-state index in [0.717, 1.165) is 0 Å². The SMILES string of the molecule is CC(Cl)(/C=C/[C@H](Br)[C@](C)(Cl)/C=C/Br)CBr. The Hall–Kier alpha value is 1.50. The van der Waals surface area contributed by atoms with E-state index in [0.29, 0.717) is 5.33 Å². The van der Waals surface area contributed by atoms with Crippen LogP contribution in [0, 0.1) is 0 Å². The zero-order chi connectivity index (χ0) is 12.1. The number of hydrogen-bond donors (Lipinski definition) is 0. The van der Waals surface area contributed by atoms with E-state index in [2.05, 4.69) is 47.8 Å². The summed E-state index contributed by atoms with van der Waals surface area (Å²) in [6, 6.07) is 0. The molecule has 0 aromatic rings. The maximum absolute atomic E-state index is 6.29. The monoisotopic (exact) mass is 440 g/mol. The molecule has 0 radical (unpaired) electrons. The summed E-state index contributed by atoms with van der Waals surface area (Å²) < 4.78 is 0. The molecule has 0 amide bonds. The van der Waals surface area contributed by atoms with Gasteiger partial charge in [0, 0.05) is 5.33 Å². The van der Waals surface area contributed by atoms with Crippen molar-refractivity contribution in [1.29, 1.82) is 0 Å². The van der Waals surface area contributed by atoms with E-state index in [1.54, 1.807) is 4.99 Å². The maximum Gasteiger partial charge on any atom is 0.0765 e. The molecule has 0 saturated carbocycles. The van der Waals surface area contributed by atoms with Crippen molar-refractivity contribution in [1.82, 2.24) is 0 Å². The molecule has 0 N–H and O–H groups in total. The molecule has 88 valence electrons. The van der Waals surface area contributed by atoms with E-state index in [4.69, 9.17) is 23.2 Å². The molecule has 5 heteroatoms. The molecular formula is C10H13Br3Cl2. The predicted molar refractivity (Wildman–Crippen MR) is 82.2 cm³/mol. The van der Waals surface area contributed by atoms with Gasteiger partial charge < -0.3 is 0 Å². The fourth-order valence-electron chi connectivity index (χ4n) is 0.733. The van der Waals surface area contributed by atoms with Crippen LogP contribution in [0.5, 0.6) is 0 Å². The van der Waals surface area contributed by atoms with Gasteiger partial charge in [0.15, 0.2) is 0 Å². The van der Waals surface area contributed by atoms with Crippen LogP contribution >= 0.6 is 71.0 Å². The number of halogens is 5. The first-order valence-corrected chi connectivity index (χ1v) is 8.01. The Labute approximate surface area is 127 Å². The van der Waals surface area contributed by atoms with Crippen LogP contribution in [0.15, 0.2) is 23.2 Å². The molecular weight excluding hydrogens is 431 g/mol. The van der Waals surface area contributed by atoms with Crippen LogP contribution in [0.25, 0.3) is 0 Å². The van der Waals surface area contributed by atoms with Gasteiger partial charge in [0.25, 0.3) is 0 Å². The Bertz CT molecular complexity index is 247. The average molecular weight is 444 g/mol. The minimum absolute atomic E-state index is 0.0255. The van der Waals surface area contributed by atoms with Gasteiger partial charge in [-0.1, -0.05) is 66.0 Å². The molecule has 0 bridgehead atoms. The van der Waals surface area contributed by atoms with Gasteiger partial charge in [0.05, 0.1) is 14.6 Å². The van der Waals surface area contributed by atoms with Crippen LogP contribution in [-0.2, 0) is 0 Å². The van der Waals surface area contributed by atoms with Crippen LogP contribution in [0.4, 0.5) is 0 Å². The Morgan fingerprint density at radius 2 is 1.80 bits per heavy atom. The first kappa shape index (κ1) is 16.5. The highest BCUT2D eigenvalue weighted by molar-refractivity contribution is 9.11. The molecule has 3 atom stereocenters. The van der Waals surface area contributed by atoms with E-state index >= 15 is 0 Å². The van der Waals surface area contributed by atoms with Crippen molar-refractivity contribution in [3.8, 4) is 0 Å². The van der Waals surface area contributed by atoms with Gasteiger partial charge in [0.1, 0.15) is 0 Å². The van der Waals surface area contributed by atoms with E-state index in [9.17, 15) is 0 Å². The largest absolute Gasteiger partial charge is 0.114 e. The molecule has 0 fully saturated rings. The molecule has 15 heavy (non-hydrogen) atoms. The van der Waals surface area contributed by atoms with Gasteiger partial charge in [-0.25, -0.2) is 0 Å². The van der Waals surface area contributed by atoms with Gasteiger partial charge in [-0.2, -0.15) is 0 Å². The van der Waals surface area contributed by atoms with E-state index < -0.39 is 4.87 Å². The topological polar surface area (TPSA) is 0 Å². The van der Waals surface area contributed by atoms with Crippen LogP contribution < -0.4 is 0 Å². The smallest absolute Gasteiger partial charge is 0.0765 e.